The van der Waals surface area contributed by atoms with Crippen molar-refractivity contribution in [2.75, 3.05) is 11.9 Å². The van der Waals surface area contributed by atoms with Crippen LogP contribution >= 0.6 is 0 Å². The Bertz CT molecular complexity index is 764. The fourth-order valence-corrected chi connectivity index (χ4v) is 3.07. The smallest absolute Gasteiger partial charge is 0.230 e. The van der Waals surface area contributed by atoms with Crippen molar-refractivity contribution >= 4 is 17.6 Å². The summed E-state index contributed by atoms with van der Waals surface area (Å²) < 4.78 is 1.76. The fraction of sp³-hybridized carbons (Fsp3) is 0.421. The first-order chi connectivity index (χ1) is 11.9. The van der Waals surface area contributed by atoms with E-state index in [9.17, 15) is 9.59 Å². The Morgan fingerprint density at radius 3 is 2.68 bits per heavy atom. The van der Waals surface area contributed by atoms with Gasteiger partial charge in [0.05, 0.1) is 12.1 Å². The third kappa shape index (κ3) is 3.90. The lowest BCUT2D eigenvalue weighted by molar-refractivity contribution is -0.128. The highest BCUT2D eigenvalue weighted by Gasteiger charge is 2.34. The molecule has 1 aromatic heterocycles. The quantitative estimate of drug-likeness (QED) is 0.910. The van der Waals surface area contributed by atoms with Crippen molar-refractivity contribution in [3.8, 4) is 0 Å². The maximum atomic E-state index is 12.5. The van der Waals surface area contributed by atoms with Crippen LogP contribution in [-0.4, -0.2) is 33.0 Å². The highest BCUT2D eigenvalue weighted by molar-refractivity contribution is 5.96. The summed E-state index contributed by atoms with van der Waals surface area (Å²) in [6.07, 6.45) is 1.92. The number of aryl methyl sites for hydroxylation is 1. The summed E-state index contributed by atoms with van der Waals surface area (Å²) in [4.78, 5) is 26.6. The number of hydrogen-bond acceptors (Lipinski definition) is 3. The van der Waals surface area contributed by atoms with Crippen molar-refractivity contribution in [2.45, 2.75) is 39.8 Å². The van der Waals surface area contributed by atoms with Crippen molar-refractivity contribution in [2.24, 2.45) is 5.92 Å². The van der Waals surface area contributed by atoms with E-state index in [-0.39, 0.29) is 30.2 Å². The molecule has 6 nitrogen and oxygen atoms in total. The number of aromatic nitrogens is 2. The van der Waals surface area contributed by atoms with E-state index in [1.54, 1.807) is 21.8 Å². The summed E-state index contributed by atoms with van der Waals surface area (Å²) in [5.41, 5.74) is 2.27. The summed E-state index contributed by atoms with van der Waals surface area (Å²) in [7, 11) is 0. The maximum absolute atomic E-state index is 12.5. The van der Waals surface area contributed by atoms with E-state index in [2.05, 4.69) is 10.4 Å². The SMILES string of the molecule is Cc1ccc(CN2C[C@H](C(=O)Nc3ccnn3C(C)C)CC2=O)cc1. The second kappa shape index (κ2) is 7.09. The van der Waals surface area contributed by atoms with Crippen LogP contribution in [-0.2, 0) is 16.1 Å². The molecule has 3 rings (SSSR count). The van der Waals surface area contributed by atoms with E-state index < -0.39 is 0 Å². The molecule has 0 aliphatic carbocycles. The van der Waals surface area contributed by atoms with Crippen LogP contribution in [0.3, 0.4) is 0 Å². The number of amides is 2. The first kappa shape index (κ1) is 17.2. The molecule has 1 N–H and O–H groups in total. The van der Waals surface area contributed by atoms with E-state index in [1.807, 2.05) is 45.0 Å². The molecule has 0 spiro atoms. The van der Waals surface area contributed by atoms with Gasteiger partial charge in [-0.2, -0.15) is 5.10 Å². The molecule has 2 amide bonds. The summed E-state index contributed by atoms with van der Waals surface area (Å²) >= 11 is 0. The van der Waals surface area contributed by atoms with Crippen molar-refractivity contribution in [1.29, 1.82) is 0 Å². The Kier molecular flexibility index (Phi) is 4.88. The minimum atomic E-state index is -0.325. The third-order valence-electron chi connectivity index (χ3n) is 4.49. The molecular formula is C19H24N4O2. The Hall–Kier alpha value is -2.63. The molecule has 1 fully saturated rings. The van der Waals surface area contributed by atoms with Gasteiger partial charge in [-0.15, -0.1) is 0 Å². The van der Waals surface area contributed by atoms with Crippen molar-refractivity contribution in [1.82, 2.24) is 14.7 Å². The number of benzene rings is 1. The average molecular weight is 340 g/mol. The first-order valence-electron chi connectivity index (χ1n) is 8.61. The lowest BCUT2D eigenvalue weighted by Gasteiger charge is -2.17. The lowest BCUT2D eigenvalue weighted by Crippen LogP contribution is -2.28. The van der Waals surface area contributed by atoms with Crippen LogP contribution in [0.2, 0.25) is 0 Å². The number of anilines is 1. The van der Waals surface area contributed by atoms with E-state index in [0.717, 1.165) is 5.56 Å². The van der Waals surface area contributed by atoms with Crippen LogP contribution in [0.15, 0.2) is 36.5 Å². The zero-order chi connectivity index (χ0) is 18.0. The molecule has 1 saturated heterocycles. The fourth-order valence-electron chi connectivity index (χ4n) is 3.07. The summed E-state index contributed by atoms with van der Waals surface area (Å²) in [5.74, 6) is 0.248. The van der Waals surface area contributed by atoms with Gasteiger partial charge in [0.15, 0.2) is 0 Å². The van der Waals surface area contributed by atoms with Gasteiger partial charge in [0.1, 0.15) is 5.82 Å². The molecule has 6 heteroatoms. The molecule has 0 saturated carbocycles. The topological polar surface area (TPSA) is 67.2 Å². The van der Waals surface area contributed by atoms with Crippen LogP contribution in [0.4, 0.5) is 5.82 Å². The molecule has 1 aliphatic rings. The molecule has 0 unspecified atom stereocenters. The largest absolute Gasteiger partial charge is 0.338 e. The number of nitrogens with one attached hydrogen (secondary N) is 1. The van der Waals surface area contributed by atoms with Crippen molar-refractivity contribution in [3.05, 3.63) is 47.7 Å². The van der Waals surface area contributed by atoms with Gasteiger partial charge >= 0.3 is 0 Å². The molecule has 2 heterocycles. The standard InChI is InChI=1S/C19H24N4O2/c1-13(2)23-17(8-9-20-23)21-19(25)16-10-18(24)22(12-16)11-15-6-4-14(3)5-7-15/h4-9,13,16H,10-12H2,1-3H3,(H,21,25)/t16-/m1/s1. The van der Waals surface area contributed by atoms with E-state index in [1.165, 1.54) is 5.56 Å². The van der Waals surface area contributed by atoms with Crippen molar-refractivity contribution < 1.29 is 9.59 Å². The van der Waals surface area contributed by atoms with Crippen LogP contribution in [0, 0.1) is 12.8 Å². The van der Waals surface area contributed by atoms with Gasteiger partial charge in [-0.1, -0.05) is 29.8 Å². The number of carbonyl (C=O) groups excluding carboxylic acids is 2. The van der Waals surface area contributed by atoms with Crippen LogP contribution in [0.25, 0.3) is 0 Å². The highest BCUT2D eigenvalue weighted by atomic mass is 16.2. The normalized spacial score (nSPS) is 17.4. The third-order valence-corrected chi connectivity index (χ3v) is 4.49. The Morgan fingerprint density at radius 2 is 2.00 bits per heavy atom. The summed E-state index contributed by atoms with van der Waals surface area (Å²) in [5, 5.41) is 7.12. The highest BCUT2D eigenvalue weighted by Crippen LogP contribution is 2.22. The molecule has 0 bridgehead atoms. The number of carbonyl (C=O) groups is 2. The molecule has 1 aliphatic heterocycles. The predicted octanol–water partition coefficient (Wildman–Crippen LogP) is 2.76. The van der Waals surface area contributed by atoms with Gasteiger partial charge in [0.25, 0.3) is 0 Å². The molecular weight excluding hydrogens is 316 g/mol. The Balaban J connectivity index is 1.62. The zero-order valence-electron chi connectivity index (χ0n) is 14.9. The van der Waals surface area contributed by atoms with E-state index in [0.29, 0.717) is 18.9 Å². The molecule has 25 heavy (non-hydrogen) atoms. The maximum Gasteiger partial charge on any atom is 0.230 e. The van der Waals surface area contributed by atoms with Gasteiger partial charge in [-0.05, 0) is 26.3 Å². The second-order valence-electron chi connectivity index (χ2n) is 6.90. The van der Waals surface area contributed by atoms with Crippen LogP contribution in [0.5, 0.6) is 0 Å². The molecule has 1 aromatic carbocycles. The zero-order valence-corrected chi connectivity index (χ0v) is 14.9. The van der Waals surface area contributed by atoms with E-state index in [4.69, 9.17) is 0 Å². The van der Waals surface area contributed by atoms with Gasteiger partial charge < -0.3 is 10.2 Å². The molecule has 1 atom stereocenters. The summed E-state index contributed by atoms with van der Waals surface area (Å²) in [6.45, 7) is 7.05. The second-order valence-corrected chi connectivity index (χ2v) is 6.90. The Morgan fingerprint density at radius 1 is 1.28 bits per heavy atom. The van der Waals surface area contributed by atoms with E-state index >= 15 is 0 Å². The van der Waals surface area contributed by atoms with Crippen LogP contribution < -0.4 is 5.32 Å². The molecule has 132 valence electrons. The van der Waals surface area contributed by atoms with Crippen molar-refractivity contribution in [3.63, 3.8) is 0 Å². The molecule has 0 radical (unpaired) electrons. The summed E-state index contributed by atoms with van der Waals surface area (Å²) in [6, 6.07) is 10.1. The number of rotatable bonds is 5. The lowest BCUT2D eigenvalue weighted by atomic mass is 10.1. The number of nitrogens with zero attached hydrogens (tertiary/aromatic N) is 3. The van der Waals surface area contributed by atoms with Crippen LogP contribution in [0.1, 0.15) is 37.4 Å². The number of hydrogen-bond donors (Lipinski definition) is 1. The monoisotopic (exact) mass is 340 g/mol. The first-order valence-corrected chi connectivity index (χ1v) is 8.61. The van der Waals surface area contributed by atoms with Gasteiger partial charge in [0.2, 0.25) is 11.8 Å². The predicted molar refractivity (Wildman–Crippen MR) is 95.9 cm³/mol. The minimum absolute atomic E-state index is 0.0260. The molecule has 2 aromatic rings. The average Bonchev–Trinajstić information content (AvgIpc) is 3.17. The van der Waals surface area contributed by atoms with Gasteiger partial charge in [-0.25, -0.2) is 4.68 Å². The van der Waals surface area contributed by atoms with Gasteiger partial charge in [0, 0.05) is 31.6 Å². The Labute approximate surface area is 147 Å². The van der Waals surface area contributed by atoms with Gasteiger partial charge in [-0.3, -0.25) is 9.59 Å². The minimum Gasteiger partial charge on any atom is -0.338 e. The number of likely N-dealkylation sites (tertiary alicyclic amines) is 1.